The lowest BCUT2D eigenvalue weighted by Gasteiger charge is -2.18. The largest absolute Gasteiger partial charge is 0.135 e. The summed E-state index contributed by atoms with van der Waals surface area (Å²) in [6.45, 7) is 0. The van der Waals surface area contributed by atoms with Gasteiger partial charge in [-0.3, -0.25) is 0 Å². The molecule has 0 radical (unpaired) electrons. The van der Waals surface area contributed by atoms with Crippen LogP contribution in [0.4, 0.5) is 0 Å². The smallest absolute Gasteiger partial charge is 0.0433 e. The van der Waals surface area contributed by atoms with E-state index in [0.29, 0.717) is 0 Å². The quantitative estimate of drug-likeness (QED) is 0.122. The predicted octanol–water partition coefficient (Wildman–Crippen LogP) is 13.3. The van der Waals surface area contributed by atoms with Gasteiger partial charge in [-0.25, -0.2) is 0 Å². The van der Waals surface area contributed by atoms with Crippen LogP contribution in [0.2, 0.25) is 0 Å². The zero-order chi connectivity index (χ0) is 28.5. The van der Waals surface area contributed by atoms with Crippen LogP contribution in [0, 0.1) is 0 Å². The normalized spacial score (nSPS) is 12.5. The van der Waals surface area contributed by atoms with Crippen molar-refractivity contribution >= 4 is 128 Å². The van der Waals surface area contributed by atoms with Crippen molar-refractivity contribution in [1.29, 1.82) is 0 Å². The molecule has 0 nitrogen and oxygen atoms in total. The zero-order valence-electron chi connectivity index (χ0n) is 23.5. The summed E-state index contributed by atoms with van der Waals surface area (Å²) in [7, 11) is 0. The summed E-state index contributed by atoms with van der Waals surface area (Å²) in [5, 5.41) is 21.4. The first-order chi connectivity index (χ1) is 21.8. The van der Waals surface area contributed by atoms with Crippen molar-refractivity contribution in [2.75, 3.05) is 0 Å². The molecule has 0 spiro atoms. The second-order valence-electron chi connectivity index (χ2n) is 12.0. The zero-order valence-corrected chi connectivity index (χ0v) is 25.2. The van der Waals surface area contributed by atoms with Gasteiger partial charge in [-0.05, 0) is 79.5 Å². The third kappa shape index (κ3) is 2.97. The van der Waals surface area contributed by atoms with Crippen LogP contribution in [-0.2, 0) is 0 Å². The lowest BCUT2D eigenvalue weighted by atomic mass is 9.90. The Kier molecular flexibility index (Phi) is 4.44. The van der Waals surface area contributed by atoms with Crippen molar-refractivity contribution in [2.24, 2.45) is 0 Å². The van der Waals surface area contributed by atoms with Crippen LogP contribution in [0.1, 0.15) is 0 Å². The SMILES string of the molecule is c1ccc2cc3c(ccc4c3sc3cccc5c3c4c3cccc4sc6c7cc8ccccc8cc7ccc6c5c43)cc2c1. The summed E-state index contributed by atoms with van der Waals surface area (Å²) in [5.74, 6) is 0. The molecule has 0 fully saturated rings. The third-order valence-electron chi connectivity index (χ3n) is 9.73. The van der Waals surface area contributed by atoms with Crippen LogP contribution in [0.25, 0.3) is 105 Å². The van der Waals surface area contributed by atoms with Crippen LogP contribution >= 0.6 is 22.7 Å². The Balaban J connectivity index is 1.38. The molecule has 44 heavy (non-hydrogen) atoms. The lowest BCUT2D eigenvalue weighted by Crippen LogP contribution is -1.89. The molecule has 11 rings (SSSR count). The van der Waals surface area contributed by atoms with Gasteiger partial charge in [0, 0.05) is 61.9 Å². The van der Waals surface area contributed by atoms with Crippen molar-refractivity contribution in [1.82, 2.24) is 0 Å². The Morgan fingerprint density at radius 2 is 0.705 bits per heavy atom. The first kappa shape index (κ1) is 23.4. The summed E-state index contributed by atoms with van der Waals surface area (Å²) in [4.78, 5) is 0. The Labute approximate surface area is 260 Å². The molecule has 2 heterocycles. The van der Waals surface area contributed by atoms with E-state index in [1.54, 1.807) is 0 Å². The summed E-state index contributed by atoms with van der Waals surface area (Å²) < 4.78 is 5.44. The fourth-order valence-corrected chi connectivity index (χ4v) is 10.3. The highest BCUT2D eigenvalue weighted by Gasteiger charge is 2.20. The second-order valence-corrected chi connectivity index (χ2v) is 14.1. The molecule has 0 atom stereocenters. The number of benzene rings is 9. The first-order valence-corrected chi connectivity index (χ1v) is 16.7. The molecular weight excluding hydrogens is 569 g/mol. The van der Waals surface area contributed by atoms with E-state index in [-0.39, 0.29) is 0 Å². The molecule has 0 saturated heterocycles. The van der Waals surface area contributed by atoms with Gasteiger partial charge in [0.25, 0.3) is 0 Å². The molecule has 202 valence electrons. The molecule has 0 saturated carbocycles. The Morgan fingerprint density at radius 3 is 1.16 bits per heavy atom. The molecule has 11 aromatic rings. The Bertz CT molecular complexity index is 2840. The van der Waals surface area contributed by atoms with E-state index in [9.17, 15) is 0 Å². The van der Waals surface area contributed by atoms with Crippen LogP contribution in [0.5, 0.6) is 0 Å². The maximum atomic E-state index is 2.40. The van der Waals surface area contributed by atoms with Crippen LogP contribution < -0.4 is 0 Å². The molecular formula is C42H22S2. The minimum Gasteiger partial charge on any atom is -0.135 e. The fraction of sp³-hybridized carbons (Fsp3) is 0. The van der Waals surface area contributed by atoms with Gasteiger partial charge in [-0.15, -0.1) is 22.7 Å². The topological polar surface area (TPSA) is 0 Å². The predicted molar refractivity (Wildman–Crippen MR) is 197 cm³/mol. The molecule has 0 amide bonds. The van der Waals surface area contributed by atoms with Gasteiger partial charge < -0.3 is 0 Å². The highest BCUT2D eigenvalue weighted by Crippen LogP contribution is 2.50. The molecule has 0 aliphatic rings. The summed E-state index contributed by atoms with van der Waals surface area (Å²) in [6, 6.07) is 50.2. The average molecular weight is 591 g/mol. The standard InChI is InChI=1S/C42H22S2/c1-3-9-25-21-33-27(19-23(25)7-1)15-17-31-37-29-11-6-14-36-40(29)38(30-12-5-13-35(39(30)37)43-41(31)33)32-18-16-28-20-24-8-2-4-10-26(24)22-34(28)42(32)44-36/h1-22H. The second kappa shape index (κ2) is 8.33. The Morgan fingerprint density at radius 1 is 0.273 bits per heavy atom. The van der Waals surface area contributed by atoms with Crippen LogP contribution in [-0.4, -0.2) is 0 Å². The van der Waals surface area contributed by atoms with Gasteiger partial charge >= 0.3 is 0 Å². The third-order valence-corrected chi connectivity index (χ3v) is 12.1. The number of hydrogen-bond acceptors (Lipinski definition) is 2. The number of fused-ring (bicyclic) bond motifs is 12. The van der Waals surface area contributed by atoms with E-state index in [1.807, 2.05) is 22.7 Å². The van der Waals surface area contributed by atoms with Crippen LogP contribution in [0.3, 0.4) is 0 Å². The van der Waals surface area contributed by atoms with Gasteiger partial charge in [0.2, 0.25) is 0 Å². The van der Waals surface area contributed by atoms with E-state index in [0.717, 1.165) is 0 Å². The highest BCUT2D eigenvalue weighted by atomic mass is 32.1. The molecule has 0 bridgehead atoms. The number of hydrogen-bond donors (Lipinski definition) is 0. The van der Waals surface area contributed by atoms with Crippen molar-refractivity contribution in [2.45, 2.75) is 0 Å². The Hall–Kier alpha value is -5.02. The van der Waals surface area contributed by atoms with Crippen molar-refractivity contribution in [3.8, 4) is 0 Å². The van der Waals surface area contributed by atoms with Gasteiger partial charge in [0.1, 0.15) is 0 Å². The van der Waals surface area contributed by atoms with Gasteiger partial charge in [-0.2, -0.15) is 0 Å². The minimum atomic E-state index is 1.29. The van der Waals surface area contributed by atoms with Crippen molar-refractivity contribution < 1.29 is 0 Å². The average Bonchev–Trinajstić information content (AvgIpc) is 3.07. The van der Waals surface area contributed by atoms with Gasteiger partial charge in [-0.1, -0.05) is 97.1 Å². The number of rotatable bonds is 0. The van der Waals surface area contributed by atoms with E-state index < -0.39 is 0 Å². The molecule has 2 aromatic heterocycles. The van der Waals surface area contributed by atoms with Crippen molar-refractivity contribution in [3.63, 3.8) is 0 Å². The fourth-order valence-electron chi connectivity index (χ4n) is 7.80. The first-order valence-electron chi connectivity index (χ1n) is 15.1. The molecule has 0 aliphatic carbocycles. The van der Waals surface area contributed by atoms with Crippen molar-refractivity contribution in [3.05, 3.63) is 133 Å². The maximum absolute atomic E-state index is 2.40. The van der Waals surface area contributed by atoms with E-state index in [1.165, 1.54) is 105 Å². The monoisotopic (exact) mass is 590 g/mol. The van der Waals surface area contributed by atoms with E-state index >= 15 is 0 Å². The lowest BCUT2D eigenvalue weighted by molar-refractivity contribution is 1.80. The van der Waals surface area contributed by atoms with E-state index in [4.69, 9.17) is 0 Å². The summed E-state index contributed by atoms with van der Waals surface area (Å²) in [5.41, 5.74) is 0. The molecule has 9 aromatic carbocycles. The van der Waals surface area contributed by atoms with Gasteiger partial charge in [0.15, 0.2) is 0 Å². The summed E-state index contributed by atoms with van der Waals surface area (Å²) >= 11 is 3.89. The molecule has 2 heteroatoms. The molecule has 0 N–H and O–H groups in total. The molecule has 0 aliphatic heterocycles. The maximum Gasteiger partial charge on any atom is 0.0433 e. The summed E-state index contributed by atoms with van der Waals surface area (Å²) in [6.07, 6.45) is 0. The van der Waals surface area contributed by atoms with E-state index in [2.05, 4.69) is 133 Å². The highest BCUT2D eigenvalue weighted by molar-refractivity contribution is 7.26. The molecule has 0 unspecified atom stereocenters. The van der Waals surface area contributed by atoms with Gasteiger partial charge in [0.05, 0.1) is 0 Å². The van der Waals surface area contributed by atoms with Crippen LogP contribution in [0.15, 0.2) is 133 Å². The minimum absolute atomic E-state index is 1.29.